The Balaban J connectivity index is 0. The van der Waals surface area contributed by atoms with Crippen LogP contribution in [0.5, 0.6) is 0 Å². The summed E-state index contributed by atoms with van der Waals surface area (Å²) in [6.07, 6.45) is 0. The molecule has 2 aromatic carbocycles. The average molecular weight is 261 g/mol. The van der Waals surface area contributed by atoms with Gasteiger partial charge in [0.15, 0.2) is 0 Å². The maximum Gasteiger partial charge on any atom is 0.0373 e. The Hall–Kier alpha value is -1.50. The molecule has 0 aliphatic heterocycles. The second-order valence-corrected chi connectivity index (χ2v) is 3.26. The lowest BCUT2D eigenvalue weighted by Crippen LogP contribution is -1.91. The molecule has 108 valence electrons. The first-order valence-corrected chi connectivity index (χ1v) is 7.48. The highest BCUT2D eigenvalue weighted by Gasteiger charge is 1.97. The van der Waals surface area contributed by atoms with Gasteiger partial charge in [0.1, 0.15) is 0 Å². The Bertz CT molecular complexity index is 433. The van der Waals surface area contributed by atoms with Crippen molar-refractivity contribution in [3.8, 4) is 0 Å². The smallest absolute Gasteiger partial charge is 0.0373 e. The molecule has 0 radical (unpaired) electrons. The largest absolute Gasteiger partial charge is 0.388 e. The van der Waals surface area contributed by atoms with E-state index >= 15 is 0 Å². The maximum atomic E-state index is 3.19. The second kappa shape index (κ2) is 12.9. The molecule has 2 aromatic rings. The summed E-state index contributed by atoms with van der Waals surface area (Å²) in [7, 11) is 1.96. The van der Waals surface area contributed by atoms with E-state index in [1.165, 1.54) is 22.0 Å². The molecule has 0 heterocycles. The van der Waals surface area contributed by atoms with Gasteiger partial charge >= 0.3 is 0 Å². The lowest BCUT2D eigenvalue weighted by molar-refractivity contribution is 1.43. The lowest BCUT2D eigenvalue weighted by Gasteiger charge is -2.06. The molecule has 0 unspecified atom stereocenters. The number of hydrogen-bond donors (Lipinski definition) is 1. The van der Waals surface area contributed by atoms with Gasteiger partial charge in [-0.3, -0.25) is 0 Å². The minimum absolute atomic E-state index is 1.21. The van der Waals surface area contributed by atoms with Gasteiger partial charge in [-0.15, -0.1) is 0 Å². The van der Waals surface area contributed by atoms with Crippen LogP contribution in [0.4, 0.5) is 5.69 Å². The van der Waals surface area contributed by atoms with Crippen molar-refractivity contribution < 1.29 is 0 Å². The molecule has 0 aliphatic rings. The summed E-state index contributed by atoms with van der Waals surface area (Å²) in [6.45, 7) is 14.1. The van der Waals surface area contributed by atoms with Crippen LogP contribution in [0.15, 0.2) is 36.4 Å². The molecule has 0 saturated carbocycles. The fraction of sp³-hybridized carbons (Fsp3) is 0.444. The molecule has 2 rings (SSSR count). The minimum atomic E-state index is 1.21. The van der Waals surface area contributed by atoms with Crippen LogP contribution in [-0.4, -0.2) is 7.05 Å². The zero-order valence-corrected chi connectivity index (χ0v) is 14.0. The third kappa shape index (κ3) is 6.28. The molecule has 0 saturated heterocycles. The molecular formula is C18H31N. The maximum absolute atomic E-state index is 3.19. The van der Waals surface area contributed by atoms with Gasteiger partial charge in [0.25, 0.3) is 0 Å². The van der Waals surface area contributed by atoms with Crippen molar-refractivity contribution in [3.63, 3.8) is 0 Å². The van der Waals surface area contributed by atoms with Crippen molar-refractivity contribution in [2.75, 3.05) is 12.4 Å². The first-order chi connectivity index (χ1) is 9.31. The molecule has 1 nitrogen and oxygen atoms in total. The topological polar surface area (TPSA) is 12.0 Å². The molecule has 19 heavy (non-hydrogen) atoms. The summed E-state index contributed by atoms with van der Waals surface area (Å²) in [5.41, 5.74) is 2.50. The summed E-state index contributed by atoms with van der Waals surface area (Å²) < 4.78 is 0. The summed E-state index contributed by atoms with van der Waals surface area (Å²) >= 11 is 0. The van der Waals surface area contributed by atoms with E-state index in [9.17, 15) is 0 Å². The number of anilines is 1. The van der Waals surface area contributed by atoms with E-state index in [1.54, 1.807) is 0 Å². The van der Waals surface area contributed by atoms with Gasteiger partial charge in [0.2, 0.25) is 0 Å². The van der Waals surface area contributed by atoms with Crippen molar-refractivity contribution in [2.45, 2.75) is 48.5 Å². The minimum Gasteiger partial charge on any atom is -0.388 e. The highest BCUT2D eigenvalue weighted by atomic mass is 14.8. The molecule has 0 amide bonds. The fourth-order valence-corrected chi connectivity index (χ4v) is 1.62. The van der Waals surface area contributed by atoms with Crippen LogP contribution in [0.25, 0.3) is 10.8 Å². The molecule has 0 bridgehead atoms. The quantitative estimate of drug-likeness (QED) is 0.638. The van der Waals surface area contributed by atoms with Crippen LogP contribution in [0, 0.1) is 6.92 Å². The molecule has 0 atom stereocenters. The Morgan fingerprint density at radius 2 is 1.16 bits per heavy atom. The van der Waals surface area contributed by atoms with E-state index < -0.39 is 0 Å². The van der Waals surface area contributed by atoms with Crippen molar-refractivity contribution in [2.24, 2.45) is 0 Å². The van der Waals surface area contributed by atoms with Gasteiger partial charge in [-0.1, -0.05) is 65.8 Å². The van der Waals surface area contributed by atoms with Crippen molar-refractivity contribution >= 4 is 16.5 Å². The first kappa shape index (κ1) is 19.8. The summed E-state index contributed by atoms with van der Waals surface area (Å²) in [5.74, 6) is 0. The van der Waals surface area contributed by atoms with Crippen LogP contribution in [0.3, 0.4) is 0 Å². The van der Waals surface area contributed by atoms with Gasteiger partial charge in [0.05, 0.1) is 0 Å². The third-order valence-electron chi connectivity index (χ3n) is 2.36. The molecule has 0 aliphatic carbocycles. The zero-order chi connectivity index (χ0) is 15.3. The Morgan fingerprint density at radius 3 is 1.58 bits per heavy atom. The molecule has 0 fully saturated rings. The van der Waals surface area contributed by atoms with Gasteiger partial charge in [0, 0.05) is 12.7 Å². The highest BCUT2D eigenvalue weighted by molar-refractivity contribution is 5.87. The summed E-state index contributed by atoms with van der Waals surface area (Å²) in [4.78, 5) is 0. The van der Waals surface area contributed by atoms with E-state index in [-0.39, 0.29) is 0 Å². The number of rotatable bonds is 1. The van der Waals surface area contributed by atoms with Gasteiger partial charge in [-0.2, -0.15) is 0 Å². The van der Waals surface area contributed by atoms with Crippen molar-refractivity contribution in [3.05, 3.63) is 42.0 Å². The fourth-order valence-electron chi connectivity index (χ4n) is 1.62. The number of aryl methyl sites for hydroxylation is 1. The predicted molar refractivity (Wildman–Crippen MR) is 92.3 cm³/mol. The highest BCUT2D eigenvalue weighted by Crippen LogP contribution is 2.22. The van der Waals surface area contributed by atoms with Crippen LogP contribution in [0.1, 0.15) is 47.1 Å². The molecular weight excluding hydrogens is 230 g/mol. The van der Waals surface area contributed by atoms with Crippen LogP contribution >= 0.6 is 0 Å². The molecule has 1 heteroatoms. The van der Waals surface area contributed by atoms with Crippen molar-refractivity contribution in [1.29, 1.82) is 0 Å². The summed E-state index contributed by atoms with van der Waals surface area (Å²) in [6, 6.07) is 12.8. The summed E-state index contributed by atoms with van der Waals surface area (Å²) in [5, 5.41) is 5.78. The van der Waals surface area contributed by atoms with E-state index in [0.29, 0.717) is 0 Å². The monoisotopic (exact) mass is 261 g/mol. The van der Waals surface area contributed by atoms with Gasteiger partial charge in [-0.05, 0) is 35.4 Å². The van der Waals surface area contributed by atoms with Gasteiger partial charge in [-0.25, -0.2) is 0 Å². The normalized spacial score (nSPS) is 8.00. The molecule has 0 spiro atoms. The Kier molecular flexibility index (Phi) is 13.5. The third-order valence-corrected chi connectivity index (χ3v) is 2.36. The Labute approximate surface area is 120 Å². The molecule has 1 N–H and O–H groups in total. The average Bonchev–Trinajstić information content (AvgIpc) is 2.52. The van der Waals surface area contributed by atoms with Crippen LogP contribution in [0.2, 0.25) is 0 Å². The van der Waals surface area contributed by atoms with Crippen LogP contribution < -0.4 is 5.32 Å². The number of hydrogen-bond acceptors (Lipinski definition) is 1. The number of fused-ring (bicyclic) bond motifs is 1. The number of nitrogens with one attached hydrogen (secondary N) is 1. The molecule has 0 aromatic heterocycles. The van der Waals surface area contributed by atoms with E-state index in [4.69, 9.17) is 0 Å². The zero-order valence-electron chi connectivity index (χ0n) is 14.0. The van der Waals surface area contributed by atoms with E-state index in [1.807, 2.05) is 48.6 Å². The predicted octanol–water partition coefficient (Wildman–Crippen LogP) is 6.27. The standard InChI is InChI=1S/C12H13N.3C2H6/c1-9-7-10-5-3-4-6-11(10)8-12(9)13-2;3*1-2/h3-8,13H,1-2H3;3*1-2H3. The van der Waals surface area contributed by atoms with E-state index in [0.717, 1.165) is 0 Å². The SMILES string of the molecule is CC.CC.CC.CNc1cc2ccccc2cc1C. The van der Waals surface area contributed by atoms with E-state index in [2.05, 4.69) is 48.6 Å². The van der Waals surface area contributed by atoms with Crippen LogP contribution in [-0.2, 0) is 0 Å². The first-order valence-electron chi connectivity index (χ1n) is 7.48. The van der Waals surface area contributed by atoms with Crippen molar-refractivity contribution in [1.82, 2.24) is 0 Å². The van der Waals surface area contributed by atoms with Gasteiger partial charge < -0.3 is 5.32 Å². The Morgan fingerprint density at radius 1 is 0.737 bits per heavy atom. The second-order valence-electron chi connectivity index (χ2n) is 3.26. The number of benzene rings is 2. The lowest BCUT2D eigenvalue weighted by atomic mass is 10.1.